The molecule has 2 N–H and O–H groups in total. The highest BCUT2D eigenvalue weighted by atomic mass is 79.9. The van der Waals surface area contributed by atoms with Gasteiger partial charge in [0.05, 0.1) is 12.8 Å². The highest BCUT2D eigenvalue weighted by Gasteiger charge is 2.10. The number of halogens is 1. The molecule has 1 aromatic heterocycles. The molecule has 0 saturated heterocycles. The number of nitrogens with two attached hydrogens (primary N) is 1. The van der Waals surface area contributed by atoms with E-state index in [9.17, 15) is 0 Å². The van der Waals surface area contributed by atoms with Crippen molar-refractivity contribution in [2.75, 3.05) is 12.8 Å². The number of nitrogens with zero attached hydrogens (tertiary/aromatic N) is 1. The summed E-state index contributed by atoms with van der Waals surface area (Å²) in [6.45, 7) is 2.09. The van der Waals surface area contributed by atoms with E-state index in [1.807, 2.05) is 18.2 Å². The van der Waals surface area contributed by atoms with E-state index in [4.69, 9.17) is 15.2 Å². The molecule has 0 fully saturated rings. The zero-order valence-corrected chi connectivity index (χ0v) is 12.4. The molecule has 0 aliphatic heterocycles. The minimum Gasteiger partial charge on any atom is -0.493 e. The van der Waals surface area contributed by atoms with Gasteiger partial charge in [0.15, 0.2) is 11.5 Å². The summed E-state index contributed by atoms with van der Waals surface area (Å²) in [5, 5.41) is 0. The van der Waals surface area contributed by atoms with Crippen LogP contribution in [-0.4, -0.2) is 12.1 Å². The molecule has 1 aromatic carbocycles. The number of anilines is 1. The SMILES string of the molecule is CCc1ccc(Oc2ncc(Br)cc2N)c(OC)c1. The van der Waals surface area contributed by atoms with Crippen LogP contribution in [0.4, 0.5) is 5.69 Å². The average Bonchev–Trinajstić information content (AvgIpc) is 2.42. The van der Waals surface area contributed by atoms with Crippen molar-refractivity contribution in [2.45, 2.75) is 13.3 Å². The predicted octanol–water partition coefficient (Wildman–Crippen LogP) is 3.79. The van der Waals surface area contributed by atoms with Crippen molar-refractivity contribution in [3.8, 4) is 17.4 Å². The van der Waals surface area contributed by atoms with E-state index < -0.39 is 0 Å². The van der Waals surface area contributed by atoms with Gasteiger partial charge in [0, 0.05) is 10.7 Å². The monoisotopic (exact) mass is 322 g/mol. The van der Waals surface area contributed by atoms with Gasteiger partial charge in [0.2, 0.25) is 5.88 Å². The molecule has 0 saturated carbocycles. The summed E-state index contributed by atoms with van der Waals surface area (Å²) in [4.78, 5) is 4.14. The zero-order valence-electron chi connectivity index (χ0n) is 10.8. The fourth-order valence-corrected chi connectivity index (χ4v) is 2.00. The Morgan fingerprint density at radius 2 is 2.05 bits per heavy atom. The third-order valence-electron chi connectivity index (χ3n) is 2.69. The first-order valence-corrected chi connectivity index (χ1v) is 6.69. The van der Waals surface area contributed by atoms with Crippen LogP contribution in [0.15, 0.2) is 34.9 Å². The first-order valence-electron chi connectivity index (χ1n) is 5.89. The van der Waals surface area contributed by atoms with Gasteiger partial charge in [-0.15, -0.1) is 0 Å². The fourth-order valence-electron chi connectivity index (χ4n) is 1.65. The highest BCUT2D eigenvalue weighted by molar-refractivity contribution is 9.10. The molecule has 2 rings (SSSR count). The smallest absolute Gasteiger partial charge is 0.242 e. The first kappa shape index (κ1) is 13.7. The fraction of sp³-hybridized carbons (Fsp3) is 0.214. The first-order chi connectivity index (χ1) is 9.13. The summed E-state index contributed by atoms with van der Waals surface area (Å²) in [5.74, 6) is 1.63. The Morgan fingerprint density at radius 3 is 2.68 bits per heavy atom. The Balaban J connectivity index is 2.32. The third kappa shape index (κ3) is 3.17. The lowest BCUT2D eigenvalue weighted by Gasteiger charge is -2.12. The second-order valence-electron chi connectivity index (χ2n) is 3.99. The number of aromatic nitrogens is 1. The van der Waals surface area contributed by atoms with Crippen LogP contribution in [0.3, 0.4) is 0 Å². The second kappa shape index (κ2) is 5.93. The van der Waals surface area contributed by atoms with Gasteiger partial charge >= 0.3 is 0 Å². The molecule has 0 atom stereocenters. The molecule has 100 valence electrons. The lowest BCUT2D eigenvalue weighted by Crippen LogP contribution is -1.97. The molecule has 0 radical (unpaired) electrons. The molecule has 0 bridgehead atoms. The van der Waals surface area contributed by atoms with E-state index in [1.165, 1.54) is 5.56 Å². The molecule has 0 amide bonds. The van der Waals surface area contributed by atoms with Crippen LogP contribution in [-0.2, 0) is 6.42 Å². The van der Waals surface area contributed by atoms with Crippen LogP contribution in [0.1, 0.15) is 12.5 Å². The van der Waals surface area contributed by atoms with Crippen LogP contribution < -0.4 is 15.2 Å². The highest BCUT2D eigenvalue weighted by Crippen LogP contribution is 2.34. The van der Waals surface area contributed by atoms with Gasteiger partial charge in [0.1, 0.15) is 0 Å². The standard InChI is InChI=1S/C14H15BrN2O2/c1-3-9-4-5-12(13(6-9)18-2)19-14-11(16)7-10(15)8-17-14/h4-8H,3,16H2,1-2H3. The van der Waals surface area contributed by atoms with Gasteiger partial charge in [-0.1, -0.05) is 13.0 Å². The van der Waals surface area contributed by atoms with Crippen LogP contribution in [0.2, 0.25) is 0 Å². The van der Waals surface area contributed by atoms with Gasteiger partial charge in [-0.05, 0) is 46.1 Å². The summed E-state index contributed by atoms with van der Waals surface area (Å²) in [6.07, 6.45) is 2.58. The van der Waals surface area contributed by atoms with E-state index in [-0.39, 0.29) is 0 Å². The Bertz CT molecular complexity index is 588. The summed E-state index contributed by atoms with van der Waals surface area (Å²) in [6, 6.07) is 7.55. The maximum atomic E-state index is 5.86. The summed E-state index contributed by atoms with van der Waals surface area (Å²) < 4.78 is 11.8. The third-order valence-corrected chi connectivity index (χ3v) is 3.12. The van der Waals surface area contributed by atoms with Crippen LogP contribution in [0, 0.1) is 0 Å². The van der Waals surface area contributed by atoms with Crippen molar-refractivity contribution in [1.29, 1.82) is 0 Å². The zero-order chi connectivity index (χ0) is 13.8. The number of pyridine rings is 1. The van der Waals surface area contributed by atoms with Crippen LogP contribution in [0.5, 0.6) is 17.4 Å². The maximum Gasteiger partial charge on any atom is 0.242 e. The molecule has 0 aliphatic carbocycles. The number of aryl methyl sites for hydroxylation is 1. The molecule has 1 heterocycles. The van der Waals surface area contributed by atoms with Crippen molar-refractivity contribution in [3.63, 3.8) is 0 Å². The van der Waals surface area contributed by atoms with E-state index in [0.29, 0.717) is 23.1 Å². The summed E-state index contributed by atoms with van der Waals surface area (Å²) in [7, 11) is 1.61. The molecule has 2 aromatic rings. The second-order valence-corrected chi connectivity index (χ2v) is 4.90. The quantitative estimate of drug-likeness (QED) is 0.930. The van der Waals surface area contributed by atoms with Crippen molar-refractivity contribution in [3.05, 3.63) is 40.5 Å². The van der Waals surface area contributed by atoms with E-state index in [2.05, 4.69) is 27.8 Å². The molecular formula is C14H15BrN2O2. The number of hydrogen-bond acceptors (Lipinski definition) is 4. The van der Waals surface area contributed by atoms with E-state index >= 15 is 0 Å². The van der Waals surface area contributed by atoms with Crippen molar-refractivity contribution >= 4 is 21.6 Å². The van der Waals surface area contributed by atoms with E-state index in [0.717, 1.165) is 10.9 Å². The van der Waals surface area contributed by atoms with Gasteiger partial charge in [-0.25, -0.2) is 4.98 Å². The van der Waals surface area contributed by atoms with Gasteiger partial charge in [0.25, 0.3) is 0 Å². The number of ether oxygens (including phenoxy) is 2. The van der Waals surface area contributed by atoms with Crippen molar-refractivity contribution in [2.24, 2.45) is 0 Å². The number of hydrogen-bond donors (Lipinski definition) is 1. The molecule has 4 nitrogen and oxygen atoms in total. The molecule has 0 unspecified atom stereocenters. The largest absolute Gasteiger partial charge is 0.493 e. The topological polar surface area (TPSA) is 57.4 Å². The number of rotatable bonds is 4. The number of nitrogen functional groups attached to an aromatic ring is 1. The maximum absolute atomic E-state index is 5.86. The van der Waals surface area contributed by atoms with Gasteiger partial charge < -0.3 is 15.2 Å². The summed E-state index contributed by atoms with van der Waals surface area (Å²) >= 11 is 3.31. The predicted molar refractivity (Wildman–Crippen MR) is 78.8 cm³/mol. The Morgan fingerprint density at radius 1 is 1.26 bits per heavy atom. The number of methoxy groups -OCH3 is 1. The molecule has 0 aliphatic rings. The normalized spacial score (nSPS) is 10.3. The minimum atomic E-state index is 0.366. The van der Waals surface area contributed by atoms with Gasteiger partial charge in [-0.3, -0.25) is 0 Å². The summed E-state index contributed by atoms with van der Waals surface area (Å²) in [5.41, 5.74) is 7.51. The molecule has 5 heteroatoms. The molecule has 19 heavy (non-hydrogen) atoms. The van der Waals surface area contributed by atoms with Crippen molar-refractivity contribution < 1.29 is 9.47 Å². The van der Waals surface area contributed by atoms with Gasteiger partial charge in [-0.2, -0.15) is 0 Å². The Hall–Kier alpha value is -1.75. The molecule has 0 spiro atoms. The van der Waals surface area contributed by atoms with E-state index in [1.54, 1.807) is 19.4 Å². The Labute approximate surface area is 120 Å². The Kier molecular flexibility index (Phi) is 4.27. The minimum absolute atomic E-state index is 0.366. The lowest BCUT2D eigenvalue weighted by molar-refractivity contribution is 0.374. The average molecular weight is 323 g/mol. The van der Waals surface area contributed by atoms with Crippen LogP contribution >= 0.6 is 15.9 Å². The molecular weight excluding hydrogens is 308 g/mol. The van der Waals surface area contributed by atoms with Crippen LogP contribution in [0.25, 0.3) is 0 Å². The van der Waals surface area contributed by atoms with Crippen molar-refractivity contribution in [1.82, 2.24) is 4.98 Å². The lowest BCUT2D eigenvalue weighted by atomic mass is 10.1. The number of benzene rings is 1.